The SMILES string of the molecule is COC(=O)CCSc1nc2ccccc2c(=O)n1-c1cccc(Cl)c1. The second-order valence-corrected chi connectivity index (χ2v) is 6.71. The van der Waals surface area contributed by atoms with Gasteiger partial charge in [-0.3, -0.25) is 14.2 Å². The number of hydrogen-bond donors (Lipinski definition) is 0. The van der Waals surface area contributed by atoms with Gasteiger partial charge in [0.15, 0.2) is 5.16 Å². The number of ether oxygens (including phenoxy) is 1. The molecule has 0 N–H and O–H groups in total. The minimum atomic E-state index is -0.301. The van der Waals surface area contributed by atoms with Gasteiger partial charge in [0, 0.05) is 10.8 Å². The van der Waals surface area contributed by atoms with Gasteiger partial charge in [-0.2, -0.15) is 0 Å². The van der Waals surface area contributed by atoms with Gasteiger partial charge >= 0.3 is 5.97 Å². The van der Waals surface area contributed by atoms with Crippen molar-refractivity contribution >= 4 is 40.2 Å². The Bertz CT molecular complexity index is 987. The molecule has 128 valence electrons. The molecule has 0 aliphatic rings. The van der Waals surface area contributed by atoms with E-state index >= 15 is 0 Å². The monoisotopic (exact) mass is 374 g/mol. The molecule has 7 heteroatoms. The molecule has 0 aliphatic carbocycles. The zero-order valence-corrected chi connectivity index (χ0v) is 15.0. The van der Waals surface area contributed by atoms with Gasteiger partial charge in [-0.1, -0.05) is 41.6 Å². The molecule has 5 nitrogen and oxygen atoms in total. The summed E-state index contributed by atoms with van der Waals surface area (Å²) in [7, 11) is 1.35. The quantitative estimate of drug-likeness (QED) is 0.387. The minimum absolute atomic E-state index is 0.173. The maximum atomic E-state index is 13.0. The van der Waals surface area contributed by atoms with E-state index in [1.165, 1.54) is 23.4 Å². The van der Waals surface area contributed by atoms with E-state index in [1.807, 2.05) is 6.07 Å². The van der Waals surface area contributed by atoms with Gasteiger partial charge in [0.05, 0.1) is 30.1 Å². The largest absolute Gasteiger partial charge is 0.469 e. The highest BCUT2D eigenvalue weighted by Crippen LogP contribution is 2.23. The summed E-state index contributed by atoms with van der Waals surface area (Å²) in [6.45, 7) is 0. The van der Waals surface area contributed by atoms with Crippen molar-refractivity contribution < 1.29 is 9.53 Å². The highest BCUT2D eigenvalue weighted by molar-refractivity contribution is 7.99. The third-order valence-corrected chi connectivity index (χ3v) is 4.75. The van der Waals surface area contributed by atoms with Crippen LogP contribution >= 0.6 is 23.4 Å². The molecule has 0 amide bonds. The maximum absolute atomic E-state index is 13.0. The molecule has 2 aromatic carbocycles. The fourth-order valence-electron chi connectivity index (χ4n) is 2.38. The molecule has 3 aromatic rings. The average Bonchev–Trinajstić information content (AvgIpc) is 2.61. The van der Waals surface area contributed by atoms with Crippen molar-refractivity contribution in [1.82, 2.24) is 9.55 Å². The number of nitrogens with zero attached hydrogens (tertiary/aromatic N) is 2. The van der Waals surface area contributed by atoms with Crippen molar-refractivity contribution in [3.8, 4) is 5.69 Å². The first-order valence-corrected chi connectivity index (χ1v) is 8.94. The van der Waals surface area contributed by atoms with Crippen LogP contribution in [0.5, 0.6) is 0 Å². The van der Waals surface area contributed by atoms with E-state index in [1.54, 1.807) is 42.5 Å². The second-order valence-electron chi connectivity index (χ2n) is 5.21. The van der Waals surface area contributed by atoms with Gasteiger partial charge < -0.3 is 4.74 Å². The molecule has 0 saturated carbocycles. The van der Waals surface area contributed by atoms with Crippen molar-refractivity contribution in [3.63, 3.8) is 0 Å². The molecule has 1 aromatic heterocycles. The molecule has 1 heterocycles. The summed E-state index contributed by atoms with van der Waals surface area (Å²) in [6.07, 6.45) is 0.236. The number of carbonyl (C=O) groups is 1. The molecule has 0 bridgehead atoms. The van der Waals surface area contributed by atoms with E-state index in [0.717, 1.165) is 0 Å². The van der Waals surface area contributed by atoms with Gasteiger partial charge in [-0.15, -0.1) is 0 Å². The number of carbonyl (C=O) groups excluding carboxylic acids is 1. The molecule has 0 saturated heterocycles. The average molecular weight is 375 g/mol. The Hall–Kier alpha value is -2.31. The normalized spacial score (nSPS) is 10.8. The maximum Gasteiger partial charge on any atom is 0.306 e. The summed E-state index contributed by atoms with van der Waals surface area (Å²) in [4.78, 5) is 28.9. The number of benzene rings is 2. The van der Waals surface area contributed by atoms with Gasteiger partial charge in [-0.25, -0.2) is 4.98 Å². The number of fused-ring (bicyclic) bond motifs is 1. The van der Waals surface area contributed by atoms with E-state index < -0.39 is 0 Å². The van der Waals surface area contributed by atoms with Crippen LogP contribution in [0.25, 0.3) is 16.6 Å². The fourth-order valence-corrected chi connectivity index (χ4v) is 3.50. The first-order chi connectivity index (χ1) is 12.1. The third-order valence-electron chi connectivity index (χ3n) is 3.58. The predicted octanol–water partition coefficient (Wildman–Crippen LogP) is 3.69. The second kappa shape index (κ2) is 7.72. The van der Waals surface area contributed by atoms with Crippen molar-refractivity contribution in [2.75, 3.05) is 12.9 Å². The number of rotatable bonds is 5. The Labute approximate surface area is 153 Å². The third kappa shape index (κ3) is 3.86. The molecule has 0 spiro atoms. The van der Waals surface area contributed by atoms with Crippen molar-refractivity contribution in [1.29, 1.82) is 0 Å². The summed E-state index contributed by atoms with van der Waals surface area (Å²) < 4.78 is 6.18. The summed E-state index contributed by atoms with van der Waals surface area (Å²) in [6, 6.07) is 14.2. The first kappa shape index (κ1) is 17.5. The zero-order valence-electron chi connectivity index (χ0n) is 13.4. The van der Waals surface area contributed by atoms with Crippen LogP contribution in [0.2, 0.25) is 5.02 Å². The van der Waals surface area contributed by atoms with Crippen LogP contribution in [0, 0.1) is 0 Å². The van der Waals surface area contributed by atoms with E-state index in [2.05, 4.69) is 9.72 Å². The lowest BCUT2D eigenvalue weighted by Gasteiger charge is -2.13. The van der Waals surface area contributed by atoms with Crippen LogP contribution in [0.15, 0.2) is 58.5 Å². The lowest BCUT2D eigenvalue weighted by Crippen LogP contribution is -2.22. The highest BCUT2D eigenvalue weighted by atomic mass is 35.5. The minimum Gasteiger partial charge on any atom is -0.469 e. The predicted molar refractivity (Wildman–Crippen MR) is 99.7 cm³/mol. The molecule has 3 rings (SSSR count). The fraction of sp³-hybridized carbons (Fsp3) is 0.167. The summed E-state index contributed by atoms with van der Waals surface area (Å²) in [5.41, 5.74) is 1.08. The van der Waals surface area contributed by atoms with Gasteiger partial charge in [0.1, 0.15) is 0 Å². The van der Waals surface area contributed by atoms with Crippen LogP contribution in [-0.4, -0.2) is 28.4 Å². The van der Waals surface area contributed by atoms with E-state index in [-0.39, 0.29) is 17.9 Å². The molecule has 0 unspecified atom stereocenters. The zero-order chi connectivity index (χ0) is 17.8. The van der Waals surface area contributed by atoms with E-state index in [0.29, 0.717) is 32.5 Å². The van der Waals surface area contributed by atoms with E-state index in [9.17, 15) is 9.59 Å². The standard InChI is InChI=1S/C18H15ClN2O3S/c1-24-16(22)9-10-25-18-20-15-8-3-2-7-14(15)17(23)21(18)13-6-4-5-12(19)11-13/h2-8,11H,9-10H2,1H3. The lowest BCUT2D eigenvalue weighted by molar-refractivity contribution is -0.140. The van der Waals surface area contributed by atoms with Crippen LogP contribution in [0.3, 0.4) is 0 Å². The van der Waals surface area contributed by atoms with Crippen LogP contribution in [0.4, 0.5) is 0 Å². The van der Waals surface area contributed by atoms with Crippen LogP contribution in [0.1, 0.15) is 6.42 Å². The summed E-state index contributed by atoms with van der Waals surface area (Å²) >= 11 is 7.41. The summed E-state index contributed by atoms with van der Waals surface area (Å²) in [5.74, 6) is 0.155. The Morgan fingerprint density at radius 2 is 2.04 bits per heavy atom. The highest BCUT2D eigenvalue weighted by Gasteiger charge is 2.14. The number of thioether (sulfide) groups is 1. The lowest BCUT2D eigenvalue weighted by atomic mass is 10.2. The van der Waals surface area contributed by atoms with Crippen molar-refractivity contribution in [2.45, 2.75) is 11.6 Å². The Morgan fingerprint density at radius 1 is 1.24 bits per heavy atom. The van der Waals surface area contributed by atoms with Gasteiger partial charge in [0.2, 0.25) is 0 Å². The molecule has 25 heavy (non-hydrogen) atoms. The number of hydrogen-bond acceptors (Lipinski definition) is 5. The summed E-state index contributed by atoms with van der Waals surface area (Å²) in [5, 5.41) is 1.57. The Kier molecular flexibility index (Phi) is 5.40. The molecular formula is C18H15ClN2O3S. The number of esters is 1. The number of para-hydroxylation sites is 1. The van der Waals surface area contributed by atoms with Gasteiger partial charge in [0.25, 0.3) is 5.56 Å². The van der Waals surface area contributed by atoms with Crippen molar-refractivity contribution in [3.05, 3.63) is 63.9 Å². The Balaban J connectivity index is 2.11. The molecule has 0 radical (unpaired) electrons. The smallest absolute Gasteiger partial charge is 0.306 e. The van der Waals surface area contributed by atoms with Crippen LogP contribution < -0.4 is 5.56 Å². The molecule has 0 fully saturated rings. The van der Waals surface area contributed by atoms with Crippen LogP contribution in [-0.2, 0) is 9.53 Å². The van der Waals surface area contributed by atoms with E-state index in [4.69, 9.17) is 11.6 Å². The topological polar surface area (TPSA) is 61.2 Å². The number of halogens is 1. The van der Waals surface area contributed by atoms with Crippen molar-refractivity contribution in [2.24, 2.45) is 0 Å². The Morgan fingerprint density at radius 3 is 2.80 bits per heavy atom. The number of methoxy groups -OCH3 is 1. The molecule has 0 aliphatic heterocycles. The first-order valence-electron chi connectivity index (χ1n) is 7.57. The molecule has 0 atom stereocenters. The van der Waals surface area contributed by atoms with Gasteiger partial charge in [-0.05, 0) is 30.3 Å². The molecular weight excluding hydrogens is 360 g/mol. The number of aromatic nitrogens is 2.